The monoisotopic (exact) mass is 337 g/mol. The third kappa shape index (κ3) is 2.77. The van der Waals surface area contributed by atoms with Crippen molar-refractivity contribution >= 4 is 39.7 Å². The zero-order valence-corrected chi connectivity index (χ0v) is 12.7. The first-order valence-corrected chi connectivity index (χ1v) is 7.16. The standard InChI is InChI=1S/C15H10Cl2FN3O/c16-12-2-1-3-13(18)11(12)7-19-8-4-5-9-10(6-8)14(17)20-21-15(9)22/h1-6,19H,7H2,(H,21,22). The molecule has 22 heavy (non-hydrogen) atoms. The molecule has 112 valence electrons. The molecule has 7 heteroatoms. The van der Waals surface area contributed by atoms with E-state index in [9.17, 15) is 9.18 Å². The topological polar surface area (TPSA) is 57.8 Å². The Labute approximate surface area is 134 Å². The van der Waals surface area contributed by atoms with Crippen molar-refractivity contribution in [2.24, 2.45) is 0 Å². The Hall–Kier alpha value is -2.11. The Morgan fingerprint density at radius 2 is 2.00 bits per heavy atom. The van der Waals surface area contributed by atoms with Crippen LogP contribution in [0.1, 0.15) is 5.56 Å². The highest BCUT2D eigenvalue weighted by Gasteiger charge is 2.08. The van der Waals surface area contributed by atoms with Gasteiger partial charge in [0.2, 0.25) is 0 Å². The van der Waals surface area contributed by atoms with E-state index in [1.54, 1.807) is 30.3 Å². The second-order valence-electron chi connectivity index (χ2n) is 4.66. The van der Waals surface area contributed by atoms with E-state index in [1.165, 1.54) is 6.07 Å². The summed E-state index contributed by atoms with van der Waals surface area (Å²) in [6.45, 7) is 0.214. The molecular formula is C15H10Cl2FN3O. The predicted octanol–water partition coefficient (Wildman–Crippen LogP) is 3.98. The van der Waals surface area contributed by atoms with Crippen molar-refractivity contribution in [2.75, 3.05) is 5.32 Å². The average Bonchev–Trinajstić information content (AvgIpc) is 2.51. The third-order valence-corrected chi connectivity index (χ3v) is 3.92. The summed E-state index contributed by atoms with van der Waals surface area (Å²) in [4.78, 5) is 11.6. The minimum atomic E-state index is -0.378. The normalized spacial score (nSPS) is 10.9. The van der Waals surface area contributed by atoms with E-state index in [2.05, 4.69) is 15.5 Å². The molecule has 0 spiro atoms. The summed E-state index contributed by atoms with van der Waals surface area (Å²) < 4.78 is 13.7. The van der Waals surface area contributed by atoms with E-state index < -0.39 is 0 Å². The van der Waals surface area contributed by atoms with Gasteiger partial charge in [-0.25, -0.2) is 9.49 Å². The number of aromatic nitrogens is 2. The van der Waals surface area contributed by atoms with E-state index in [-0.39, 0.29) is 23.1 Å². The second kappa shape index (κ2) is 5.94. The van der Waals surface area contributed by atoms with Crippen LogP contribution in [0.15, 0.2) is 41.2 Å². The van der Waals surface area contributed by atoms with Gasteiger partial charge in [-0.15, -0.1) is 0 Å². The summed E-state index contributed by atoms with van der Waals surface area (Å²) in [5.74, 6) is -0.378. The van der Waals surface area contributed by atoms with E-state index in [0.29, 0.717) is 27.0 Å². The summed E-state index contributed by atoms with van der Waals surface area (Å²) in [5, 5.41) is 10.6. The summed E-state index contributed by atoms with van der Waals surface area (Å²) in [7, 11) is 0. The number of halogens is 3. The number of hydrogen-bond acceptors (Lipinski definition) is 3. The quantitative estimate of drug-likeness (QED) is 0.759. The van der Waals surface area contributed by atoms with Crippen LogP contribution in [-0.4, -0.2) is 10.2 Å². The molecule has 0 unspecified atom stereocenters. The SMILES string of the molecule is O=c1[nH]nc(Cl)c2cc(NCc3c(F)cccc3Cl)ccc12. The second-order valence-corrected chi connectivity index (χ2v) is 5.42. The molecule has 2 aromatic carbocycles. The summed E-state index contributed by atoms with van der Waals surface area (Å²) in [6.07, 6.45) is 0. The van der Waals surface area contributed by atoms with Gasteiger partial charge in [0.1, 0.15) is 5.82 Å². The lowest BCUT2D eigenvalue weighted by Crippen LogP contribution is -2.09. The number of anilines is 1. The maximum Gasteiger partial charge on any atom is 0.272 e. The third-order valence-electron chi connectivity index (χ3n) is 3.27. The maximum atomic E-state index is 13.7. The van der Waals surface area contributed by atoms with Gasteiger partial charge in [-0.3, -0.25) is 4.79 Å². The van der Waals surface area contributed by atoms with Gasteiger partial charge in [0.25, 0.3) is 5.56 Å². The van der Waals surface area contributed by atoms with Crippen molar-refractivity contribution < 1.29 is 4.39 Å². The van der Waals surface area contributed by atoms with E-state index >= 15 is 0 Å². The molecule has 0 fully saturated rings. The molecule has 3 rings (SSSR count). The van der Waals surface area contributed by atoms with Gasteiger partial charge >= 0.3 is 0 Å². The van der Waals surface area contributed by atoms with Crippen LogP contribution in [0.25, 0.3) is 10.8 Å². The van der Waals surface area contributed by atoms with Gasteiger partial charge in [0.15, 0.2) is 5.15 Å². The Morgan fingerprint density at radius 1 is 1.18 bits per heavy atom. The van der Waals surface area contributed by atoms with Crippen molar-refractivity contribution in [3.63, 3.8) is 0 Å². The maximum absolute atomic E-state index is 13.7. The molecule has 0 aliphatic carbocycles. The van der Waals surface area contributed by atoms with Crippen LogP contribution in [0, 0.1) is 5.82 Å². The Bertz CT molecular complexity index is 891. The number of rotatable bonds is 3. The fourth-order valence-corrected chi connectivity index (χ4v) is 2.56. The highest BCUT2D eigenvalue weighted by atomic mass is 35.5. The van der Waals surface area contributed by atoms with Gasteiger partial charge in [0, 0.05) is 28.2 Å². The van der Waals surface area contributed by atoms with Gasteiger partial charge in [-0.1, -0.05) is 29.3 Å². The zero-order valence-electron chi connectivity index (χ0n) is 11.2. The highest BCUT2D eigenvalue weighted by molar-refractivity contribution is 6.34. The molecule has 0 saturated heterocycles. The van der Waals surface area contributed by atoms with Crippen molar-refractivity contribution in [3.05, 3.63) is 68.3 Å². The smallest absolute Gasteiger partial charge is 0.272 e. The van der Waals surface area contributed by atoms with Gasteiger partial charge in [0.05, 0.1) is 5.39 Å². The van der Waals surface area contributed by atoms with Crippen molar-refractivity contribution in [2.45, 2.75) is 6.54 Å². The van der Waals surface area contributed by atoms with E-state index in [0.717, 1.165) is 0 Å². The van der Waals surface area contributed by atoms with Gasteiger partial charge < -0.3 is 5.32 Å². The van der Waals surface area contributed by atoms with Crippen LogP contribution in [0.2, 0.25) is 10.2 Å². The molecule has 0 bridgehead atoms. The lowest BCUT2D eigenvalue weighted by molar-refractivity contribution is 0.613. The van der Waals surface area contributed by atoms with Gasteiger partial charge in [-0.05, 0) is 30.3 Å². The molecule has 2 N–H and O–H groups in total. The summed E-state index contributed by atoms with van der Waals surface area (Å²) in [5.41, 5.74) is 0.739. The molecule has 4 nitrogen and oxygen atoms in total. The van der Waals surface area contributed by atoms with Crippen LogP contribution in [0.3, 0.4) is 0 Å². The number of aromatic amines is 1. The number of nitrogens with one attached hydrogen (secondary N) is 2. The summed E-state index contributed by atoms with van der Waals surface area (Å²) in [6, 6.07) is 9.56. The minimum Gasteiger partial charge on any atom is -0.381 e. The largest absolute Gasteiger partial charge is 0.381 e. The molecule has 0 aliphatic rings. The van der Waals surface area contributed by atoms with Crippen LogP contribution in [0.5, 0.6) is 0 Å². The number of fused-ring (bicyclic) bond motifs is 1. The Kier molecular flexibility index (Phi) is 4.00. The lowest BCUT2D eigenvalue weighted by Gasteiger charge is -2.10. The van der Waals surface area contributed by atoms with Gasteiger partial charge in [-0.2, -0.15) is 5.10 Å². The molecule has 3 aromatic rings. The lowest BCUT2D eigenvalue weighted by atomic mass is 10.1. The first-order chi connectivity index (χ1) is 10.6. The molecule has 1 aromatic heterocycles. The first-order valence-electron chi connectivity index (χ1n) is 6.41. The number of nitrogens with zero attached hydrogens (tertiary/aromatic N) is 1. The predicted molar refractivity (Wildman–Crippen MR) is 86.1 cm³/mol. The molecule has 0 aliphatic heterocycles. The summed E-state index contributed by atoms with van der Waals surface area (Å²) >= 11 is 12.0. The molecule has 0 saturated carbocycles. The van der Waals surface area contributed by atoms with Crippen molar-refractivity contribution in [3.8, 4) is 0 Å². The molecule has 0 radical (unpaired) electrons. The molecule has 0 atom stereocenters. The van der Waals surface area contributed by atoms with Crippen molar-refractivity contribution in [1.82, 2.24) is 10.2 Å². The Morgan fingerprint density at radius 3 is 2.77 bits per heavy atom. The minimum absolute atomic E-state index is 0.196. The first kappa shape index (κ1) is 14.8. The number of hydrogen-bond donors (Lipinski definition) is 2. The van der Waals surface area contributed by atoms with Crippen molar-refractivity contribution in [1.29, 1.82) is 0 Å². The molecule has 0 amide bonds. The van der Waals surface area contributed by atoms with E-state index in [4.69, 9.17) is 23.2 Å². The average molecular weight is 338 g/mol. The number of H-pyrrole nitrogens is 1. The van der Waals surface area contributed by atoms with Crippen LogP contribution < -0.4 is 10.9 Å². The van der Waals surface area contributed by atoms with Crippen LogP contribution in [-0.2, 0) is 6.54 Å². The fraction of sp³-hybridized carbons (Fsp3) is 0.0667. The zero-order chi connectivity index (χ0) is 15.7. The van der Waals surface area contributed by atoms with Crippen LogP contribution >= 0.6 is 23.2 Å². The molecular weight excluding hydrogens is 328 g/mol. The fourth-order valence-electron chi connectivity index (χ4n) is 2.13. The highest BCUT2D eigenvalue weighted by Crippen LogP contribution is 2.24. The number of benzene rings is 2. The van der Waals surface area contributed by atoms with E-state index in [1.807, 2.05) is 0 Å². The van der Waals surface area contributed by atoms with Crippen LogP contribution in [0.4, 0.5) is 10.1 Å². The Balaban J connectivity index is 1.92. The molecule has 1 heterocycles.